The van der Waals surface area contributed by atoms with Gasteiger partial charge in [0.2, 0.25) is 5.88 Å². The van der Waals surface area contributed by atoms with Gasteiger partial charge in [-0.3, -0.25) is 28.5 Å². The molecule has 1 fully saturated rings. The van der Waals surface area contributed by atoms with Crippen molar-refractivity contribution in [3.63, 3.8) is 0 Å². The van der Waals surface area contributed by atoms with Crippen LogP contribution in [-0.4, -0.2) is 80.8 Å². The molecule has 1 N–H and O–H groups in total. The number of thioether (sulfide) groups is 1. The van der Waals surface area contributed by atoms with Gasteiger partial charge in [-0.2, -0.15) is 0 Å². The lowest BCUT2D eigenvalue weighted by molar-refractivity contribution is -0.237. The van der Waals surface area contributed by atoms with Gasteiger partial charge >= 0.3 is 23.9 Å². The molecular formula is C34H32N2O11S. The average molecular weight is 677 g/mol. The number of allylic oxidation sites excluding steroid dienone is 2. The maximum Gasteiger partial charge on any atom is 0.303 e. The quantitative estimate of drug-likeness (QED) is 0.197. The molecule has 5 atom stereocenters. The summed E-state index contributed by atoms with van der Waals surface area (Å²) in [4.78, 5) is 66.2. The minimum Gasteiger partial charge on any atom is -0.493 e. The summed E-state index contributed by atoms with van der Waals surface area (Å²) in [5.41, 5.74) is 1.13. The molecule has 1 aliphatic heterocycles. The van der Waals surface area contributed by atoms with Crippen LogP contribution in [0.3, 0.4) is 0 Å². The molecule has 2 heterocycles. The topological polar surface area (TPSA) is 170 Å². The number of rotatable bonds is 9. The third-order valence-corrected chi connectivity index (χ3v) is 8.34. The van der Waals surface area contributed by atoms with Crippen molar-refractivity contribution in [2.24, 2.45) is 0 Å². The van der Waals surface area contributed by atoms with Crippen molar-refractivity contribution < 1.29 is 52.8 Å². The van der Waals surface area contributed by atoms with Gasteiger partial charge in [-0.1, -0.05) is 60.3 Å². The summed E-state index contributed by atoms with van der Waals surface area (Å²) >= 11 is 0.901. The highest BCUT2D eigenvalue weighted by molar-refractivity contribution is 7.99. The lowest BCUT2D eigenvalue weighted by Gasteiger charge is -2.44. The van der Waals surface area contributed by atoms with E-state index in [-0.39, 0.29) is 22.5 Å². The number of imidazole rings is 1. The molecule has 1 saturated heterocycles. The maximum absolute atomic E-state index is 13.0. The first-order chi connectivity index (χ1) is 22.9. The summed E-state index contributed by atoms with van der Waals surface area (Å²) in [6.07, 6.45) is -0.631. The second-order valence-electron chi connectivity index (χ2n) is 10.8. The van der Waals surface area contributed by atoms with E-state index in [0.717, 1.165) is 38.1 Å². The smallest absolute Gasteiger partial charge is 0.303 e. The molecule has 0 spiro atoms. The normalized spacial score (nSPS) is 22.5. The second kappa shape index (κ2) is 14.7. The van der Waals surface area contributed by atoms with E-state index in [1.807, 2.05) is 12.1 Å². The van der Waals surface area contributed by atoms with E-state index in [1.54, 1.807) is 48.5 Å². The molecule has 5 rings (SSSR count). The van der Waals surface area contributed by atoms with Gasteiger partial charge < -0.3 is 28.8 Å². The van der Waals surface area contributed by atoms with Gasteiger partial charge in [-0.15, -0.1) is 0 Å². The summed E-state index contributed by atoms with van der Waals surface area (Å²) in [7, 11) is 0. The molecule has 0 amide bonds. The number of aromatic nitrogens is 2. The van der Waals surface area contributed by atoms with Crippen LogP contribution in [0.5, 0.6) is 5.88 Å². The minimum absolute atomic E-state index is 0.0560. The first-order valence-corrected chi connectivity index (χ1v) is 15.7. The van der Waals surface area contributed by atoms with Crippen LogP contribution in [0.1, 0.15) is 44.5 Å². The van der Waals surface area contributed by atoms with Crippen LogP contribution in [0.2, 0.25) is 0 Å². The Morgan fingerprint density at radius 2 is 1.48 bits per heavy atom. The number of carbonyl (C=O) groups is 5. The SMILES string of the molecule is CC(=O)OC[C@H]1O[C@@H](Sc2nc(/C=C3\C(=O)C=Cc4ccccc43)c(O)n2-c2ccccc2)[C@H](OC(C)=O)[C@@H](OC(C)=O)[C@@H]1OC(C)=O. The lowest BCUT2D eigenvalue weighted by Crippen LogP contribution is -2.61. The van der Waals surface area contributed by atoms with Gasteiger partial charge in [0, 0.05) is 33.3 Å². The summed E-state index contributed by atoms with van der Waals surface area (Å²) < 4.78 is 29.5. The molecule has 0 radical (unpaired) electrons. The van der Waals surface area contributed by atoms with Crippen LogP contribution in [0, 0.1) is 0 Å². The largest absolute Gasteiger partial charge is 0.493 e. The van der Waals surface area contributed by atoms with E-state index < -0.39 is 60.3 Å². The minimum atomic E-state index is -1.39. The van der Waals surface area contributed by atoms with Crippen LogP contribution in [0.25, 0.3) is 23.4 Å². The highest BCUT2D eigenvalue weighted by Crippen LogP contribution is 2.41. The number of aromatic hydroxyl groups is 1. The number of carbonyl (C=O) groups excluding carboxylic acids is 5. The highest BCUT2D eigenvalue weighted by Gasteiger charge is 2.53. The number of hydrogen-bond acceptors (Lipinski definition) is 13. The fourth-order valence-electron chi connectivity index (χ4n) is 5.34. The zero-order chi connectivity index (χ0) is 34.5. The fourth-order valence-corrected chi connectivity index (χ4v) is 6.54. The van der Waals surface area contributed by atoms with Gasteiger partial charge in [0.1, 0.15) is 18.4 Å². The number of hydrogen-bond donors (Lipinski definition) is 1. The van der Waals surface area contributed by atoms with Gasteiger partial charge in [0.25, 0.3) is 0 Å². The Morgan fingerprint density at radius 3 is 2.15 bits per heavy atom. The summed E-state index contributed by atoms with van der Waals surface area (Å²) in [5.74, 6) is -3.51. The first-order valence-electron chi connectivity index (χ1n) is 14.8. The van der Waals surface area contributed by atoms with Gasteiger partial charge in [0.05, 0.1) is 5.69 Å². The molecule has 1 aliphatic carbocycles. The van der Waals surface area contributed by atoms with Crippen LogP contribution in [-0.2, 0) is 47.7 Å². The monoisotopic (exact) mass is 676 g/mol. The van der Waals surface area contributed by atoms with Crippen LogP contribution in [0.4, 0.5) is 0 Å². The van der Waals surface area contributed by atoms with Crippen LogP contribution >= 0.6 is 11.8 Å². The molecule has 13 nitrogen and oxygen atoms in total. The van der Waals surface area contributed by atoms with Crippen LogP contribution < -0.4 is 0 Å². The van der Waals surface area contributed by atoms with Crippen LogP contribution in [0.15, 0.2) is 65.8 Å². The van der Waals surface area contributed by atoms with Crippen molar-refractivity contribution in [1.29, 1.82) is 0 Å². The number of ether oxygens (including phenoxy) is 5. The van der Waals surface area contributed by atoms with E-state index >= 15 is 0 Å². The Balaban J connectivity index is 1.63. The molecule has 48 heavy (non-hydrogen) atoms. The van der Waals surface area contributed by atoms with Gasteiger partial charge in [-0.05, 0) is 35.4 Å². The molecule has 2 aliphatic rings. The number of ketones is 1. The molecule has 1 aromatic heterocycles. The van der Waals surface area contributed by atoms with Crippen molar-refractivity contribution in [3.05, 3.63) is 77.5 Å². The zero-order valence-electron chi connectivity index (χ0n) is 26.4. The summed E-state index contributed by atoms with van der Waals surface area (Å²) in [5, 5.41) is 11.7. The lowest BCUT2D eigenvalue weighted by atomic mass is 9.91. The van der Waals surface area contributed by atoms with E-state index in [9.17, 15) is 29.1 Å². The van der Waals surface area contributed by atoms with Crippen molar-refractivity contribution in [2.75, 3.05) is 6.61 Å². The van der Waals surface area contributed by atoms with Crippen molar-refractivity contribution in [2.45, 2.75) is 62.7 Å². The van der Waals surface area contributed by atoms with Gasteiger partial charge in [0.15, 0.2) is 34.7 Å². The molecule has 0 unspecified atom stereocenters. The zero-order valence-corrected chi connectivity index (χ0v) is 27.2. The Kier molecular flexibility index (Phi) is 10.4. The molecule has 0 saturated carbocycles. The van der Waals surface area contributed by atoms with E-state index in [1.165, 1.54) is 23.6 Å². The predicted molar refractivity (Wildman–Crippen MR) is 171 cm³/mol. The number of nitrogens with zero attached hydrogens (tertiary/aromatic N) is 2. The summed E-state index contributed by atoms with van der Waals surface area (Å²) in [6, 6.07) is 16.0. The molecular weight excluding hydrogens is 644 g/mol. The highest BCUT2D eigenvalue weighted by atomic mass is 32.2. The maximum atomic E-state index is 13.0. The molecule has 2 aromatic carbocycles. The third-order valence-electron chi connectivity index (χ3n) is 7.24. The van der Waals surface area contributed by atoms with E-state index in [4.69, 9.17) is 23.7 Å². The fraction of sp³-hybridized carbons (Fsp3) is 0.294. The van der Waals surface area contributed by atoms with E-state index in [2.05, 4.69) is 4.98 Å². The molecule has 250 valence electrons. The Hall–Kier alpha value is -5.21. The third kappa shape index (κ3) is 7.66. The van der Waals surface area contributed by atoms with Crippen molar-refractivity contribution >= 4 is 59.1 Å². The molecule has 0 bridgehead atoms. The number of esters is 4. The van der Waals surface area contributed by atoms with Crippen molar-refractivity contribution in [1.82, 2.24) is 9.55 Å². The number of fused-ring (bicyclic) bond motifs is 1. The second-order valence-corrected chi connectivity index (χ2v) is 11.9. The van der Waals surface area contributed by atoms with E-state index in [0.29, 0.717) is 16.8 Å². The first kappa shape index (κ1) is 34.1. The molecule has 14 heteroatoms. The molecule has 3 aromatic rings. The van der Waals surface area contributed by atoms with Gasteiger partial charge in [-0.25, -0.2) is 4.98 Å². The summed E-state index contributed by atoms with van der Waals surface area (Å²) in [6.45, 7) is 4.19. The number of para-hydroxylation sites is 1. The Morgan fingerprint density at radius 1 is 0.854 bits per heavy atom. The number of benzene rings is 2. The Labute approximate surface area is 279 Å². The average Bonchev–Trinajstić information content (AvgIpc) is 3.34. The standard InChI is InChI=1S/C34H32N2O11S/c1-18(37)43-17-28-29(44-19(2)38)30(45-20(3)39)31(46-21(4)40)33(47-28)48-34-35-26(32(42)36(34)23-11-6-5-7-12-23)16-25-24-13-9-8-10-22(24)14-15-27(25)41/h5-16,28-31,33,42H,17H2,1-4H3/b25-16-/t28-,29-,30+,31-,33+/m1/s1. The van der Waals surface area contributed by atoms with Crippen molar-refractivity contribution in [3.8, 4) is 11.6 Å². The Bertz CT molecular complexity index is 1800. The predicted octanol–water partition coefficient (Wildman–Crippen LogP) is 3.89.